The molecular weight excluding hydrogens is 977 g/mol. The Hall–Kier alpha value is -5.20. The van der Waals surface area contributed by atoms with E-state index < -0.39 is 8.07 Å². The molecule has 0 aliphatic rings. The Balaban J connectivity index is 0.000000246. The molecule has 331 valence electrons. The van der Waals surface area contributed by atoms with Crippen molar-refractivity contribution in [2.24, 2.45) is 5.92 Å². The third kappa shape index (κ3) is 9.31. The number of nitrogens with zero attached hydrogens (tertiary/aromatic N) is 4. The van der Waals surface area contributed by atoms with E-state index >= 15 is 0 Å². The van der Waals surface area contributed by atoms with Crippen molar-refractivity contribution in [1.29, 1.82) is 0 Å². The van der Waals surface area contributed by atoms with Gasteiger partial charge in [-0.2, -0.15) is 0 Å². The first kappa shape index (κ1) is 46.8. The number of para-hydroxylation sites is 2. The molecule has 0 bridgehead atoms. The van der Waals surface area contributed by atoms with Gasteiger partial charge in [-0.3, -0.25) is 4.98 Å². The first-order chi connectivity index (χ1) is 30.3. The second kappa shape index (κ2) is 19.5. The van der Waals surface area contributed by atoms with E-state index in [1.54, 1.807) is 0 Å². The average molecular weight is 1040 g/mol. The summed E-state index contributed by atoms with van der Waals surface area (Å²) in [6.45, 7) is 25.3. The summed E-state index contributed by atoms with van der Waals surface area (Å²) in [7, 11) is -1.34. The molecule has 0 aliphatic heterocycles. The molecule has 7 heteroatoms. The van der Waals surface area contributed by atoms with Crippen LogP contribution in [0, 0.1) is 18.1 Å². The summed E-state index contributed by atoms with van der Waals surface area (Å²) in [5, 5.41) is 6.13. The molecule has 64 heavy (non-hydrogen) atoms. The summed E-state index contributed by atoms with van der Waals surface area (Å²) in [6.07, 6.45) is 5.37. The molecule has 5 aromatic carbocycles. The molecule has 0 N–H and O–H groups in total. The minimum absolute atomic E-state index is 0. The van der Waals surface area contributed by atoms with Crippen LogP contribution in [-0.2, 0) is 26.5 Å². The largest absolute Gasteiger partial charge is 0.486 e. The molecule has 4 heterocycles. The molecule has 0 fully saturated rings. The van der Waals surface area contributed by atoms with Crippen molar-refractivity contribution in [3.8, 4) is 28.3 Å². The zero-order chi connectivity index (χ0) is 44.6. The summed E-state index contributed by atoms with van der Waals surface area (Å²) in [6, 6.07) is 45.3. The third-order valence-electron chi connectivity index (χ3n) is 12.4. The van der Waals surface area contributed by atoms with Gasteiger partial charge >= 0.3 is 0 Å². The maximum absolute atomic E-state index is 6.28. The van der Waals surface area contributed by atoms with Crippen molar-refractivity contribution in [3.05, 3.63) is 150 Å². The number of aromatic nitrogens is 4. The summed E-state index contributed by atoms with van der Waals surface area (Å²) in [5.41, 5.74) is 13.1. The van der Waals surface area contributed by atoms with Gasteiger partial charge < -0.3 is 14.0 Å². The van der Waals surface area contributed by atoms with Crippen LogP contribution in [0.25, 0.3) is 72.2 Å². The smallest absolute Gasteiger partial charge is 0.216 e. The molecule has 0 aliphatic carbocycles. The van der Waals surface area contributed by atoms with Gasteiger partial charge in [0.25, 0.3) is 0 Å². The van der Waals surface area contributed by atoms with Crippen molar-refractivity contribution >= 4 is 57.1 Å². The summed E-state index contributed by atoms with van der Waals surface area (Å²) >= 11 is 0. The van der Waals surface area contributed by atoms with Crippen LogP contribution in [0.2, 0.25) is 19.6 Å². The maximum atomic E-state index is 6.28. The molecule has 1 radical (unpaired) electrons. The quantitative estimate of drug-likeness (QED) is 0.0957. The van der Waals surface area contributed by atoms with Gasteiger partial charge in [-0.15, -0.1) is 59.7 Å². The average Bonchev–Trinajstić information content (AvgIpc) is 3.84. The molecule has 0 spiro atoms. The number of furan rings is 1. The van der Waals surface area contributed by atoms with Crippen LogP contribution in [0.4, 0.5) is 0 Å². The van der Waals surface area contributed by atoms with Crippen molar-refractivity contribution in [3.63, 3.8) is 0 Å². The predicted molar refractivity (Wildman–Crippen MR) is 269 cm³/mol. The molecule has 5 nitrogen and oxygen atoms in total. The van der Waals surface area contributed by atoms with E-state index in [1.807, 2.05) is 24.3 Å². The van der Waals surface area contributed by atoms with Gasteiger partial charge in [0, 0.05) is 49.0 Å². The fourth-order valence-electron chi connectivity index (χ4n) is 9.25. The summed E-state index contributed by atoms with van der Waals surface area (Å²) in [5.74, 6) is 2.63. The predicted octanol–water partition coefficient (Wildman–Crippen LogP) is 15.4. The standard InChI is InChI=1S/C39H38N3O.C18H24NSi.Ir/c1-7-25(8-2)32-19-18-29-31-22-27(17-20-35(31)43-39(29)41-32)38-40-33-15-11-12-16-34(33)42(38)37-30(23(3)4)21-26-13-9-10-14-28(26)36(37)24(5)6;1-14(2)11-16-12-17(15-9-7-6-8-10-15)19-13-18(16)20(3,4)5;/h9-16,18-25H,7-8H2,1-6H3;6-9,12-14H,11H2,1-5H3;/q2*-1;. The van der Waals surface area contributed by atoms with Crippen LogP contribution in [0.1, 0.15) is 108 Å². The zero-order valence-corrected chi connectivity index (χ0v) is 42.8. The maximum Gasteiger partial charge on any atom is 0.216 e. The van der Waals surface area contributed by atoms with Gasteiger partial charge in [0.2, 0.25) is 5.71 Å². The number of rotatable bonds is 11. The van der Waals surface area contributed by atoms with Gasteiger partial charge in [-0.25, -0.2) is 4.98 Å². The van der Waals surface area contributed by atoms with Crippen LogP contribution in [0.15, 0.2) is 120 Å². The molecule has 0 saturated heterocycles. The van der Waals surface area contributed by atoms with Gasteiger partial charge in [0.15, 0.2) is 0 Å². The zero-order valence-electron chi connectivity index (χ0n) is 39.4. The van der Waals surface area contributed by atoms with Crippen LogP contribution in [-0.4, -0.2) is 27.6 Å². The van der Waals surface area contributed by atoms with Gasteiger partial charge in [0.05, 0.1) is 30.5 Å². The number of imidazole rings is 1. The van der Waals surface area contributed by atoms with Gasteiger partial charge in [-0.1, -0.05) is 128 Å². The van der Waals surface area contributed by atoms with E-state index in [-0.39, 0.29) is 20.1 Å². The van der Waals surface area contributed by atoms with Crippen molar-refractivity contribution < 1.29 is 24.5 Å². The Kier molecular flexibility index (Phi) is 14.2. The van der Waals surface area contributed by atoms with Crippen molar-refractivity contribution in [2.45, 2.75) is 112 Å². The van der Waals surface area contributed by atoms with Crippen molar-refractivity contribution in [2.75, 3.05) is 0 Å². The number of pyridine rings is 2. The van der Waals surface area contributed by atoms with Crippen LogP contribution >= 0.6 is 0 Å². The first-order valence-electron chi connectivity index (χ1n) is 23.0. The number of fused-ring (bicyclic) bond motifs is 5. The Morgan fingerprint density at radius 3 is 2.14 bits per heavy atom. The molecule has 0 unspecified atom stereocenters. The van der Waals surface area contributed by atoms with Crippen LogP contribution in [0.3, 0.4) is 0 Å². The molecule has 9 rings (SSSR count). The number of hydrogen-bond acceptors (Lipinski definition) is 4. The van der Waals surface area contributed by atoms with E-state index in [1.165, 1.54) is 38.3 Å². The van der Waals surface area contributed by atoms with E-state index in [0.29, 0.717) is 29.4 Å². The molecule has 9 aromatic rings. The van der Waals surface area contributed by atoms with Gasteiger partial charge in [0.1, 0.15) is 0 Å². The van der Waals surface area contributed by atoms with Crippen molar-refractivity contribution in [1.82, 2.24) is 19.5 Å². The monoisotopic (exact) mass is 1040 g/mol. The molecule has 0 amide bonds. The fraction of sp³-hybridized carbons (Fsp3) is 0.316. The topological polar surface area (TPSA) is 56.7 Å². The SMILES string of the molecule is CC(C)Cc1cc(-c2[c-]cccc2)ncc1[Si](C)(C)C.CCC(CC)c1ccc2c(n1)oc1c[c-]c(-c3nc4ccccc4n3-c3c(C(C)C)cc4ccccc4c3C(C)C)cc12.[Ir]. The Morgan fingerprint density at radius 2 is 1.45 bits per heavy atom. The first-order valence-corrected chi connectivity index (χ1v) is 26.5. The van der Waals surface area contributed by atoms with Crippen LogP contribution < -0.4 is 5.19 Å². The van der Waals surface area contributed by atoms with E-state index in [2.05, 4.69) is 188 Å². The summed E-state index contributed by atoms with van der Waals surface area (Å²) in [4.78, 5) is 14.9. The molecular formula is C57H62IrN4OSi-2. The minimum Gasteiger partial charge on any atom is -0.486 e. The minimum atomic E-state index is -1.34. The molecule has 0 saturated carbocycles. The van der Waals surface area contributed by atoms with E-state index in [4.69, 9.17) is 14.4 Å². The second-order valence-electron chi connectivity index (χ2n) is 19.2. The van der Waals surface area contributed by atoms with Crippen LogP contribution in [0.5, 0.6) is 0 Å². The normalized spacial score (nSPS) is 12.0. The molecule has 4 aromatic heterocycles. The Morgan fingerprint density at radius 1 is 0.719 bits per heavy atom. The third-order valence-corrected chi connectivity index (χ3v) is 14.5. The second-order valence-corrected chi connectivity index (χ2v) is 24.2. The van der Waals surface area contributed by atoms with E-state index in [9.17, 15) is 0 Å². The van der Waals surface area contributed by atoms with E-state index in [0.717, 1.165) is 75.0 Å². The fourth-order valence-corrected chi connectivity index (χ4v) is 10.8. The number of hydrogen-bond donors (Lipinski definition) is 0. The Labute approximate surface area is 395 Å². The Bertz CT molecular complexity index is 3040. The molecule has 0 atom stereocenters. The number of benzene rings is 5. The van der Waals surface area contributed by atoms with Gasteiger partial charge in [-0.05, 0) is 100 Å². The summed E-state index contributed by atoms with van der Waals surface area (Å²) < 4.78 is 8.66.